The van der Waals surface area contributed by atoms with Gasteiger partial charge in [-0.2, -0.15) is 0 Å². The zero-order valence-corrected chi connectivity index (χ0v) is 45.1. The summed E-state index contributed by atoms with van der Waals surface area (Å²) < 4.78 is 27.1. The molecule has 8 bridgehead atoms. The van der Waals surface area contributed by atoms with Gasteiger partial charge in [0.15, 0.2) is 0 Å². The molecule has 13 rings (SSSR count). The number of methoxy groups -OCH3 is 1. The molecule has 1 aromatic carbocycles. The molecule has 398 valence electrons. The average Bonchev–Trinajstić information content (AvgIpc) is 3.87. The quantitative estimate of drug-likeness (QED) is 0.138. The Balaban J connectivity index is 0.993. The Morgan fingerprint density at radius 2 is 1.82 bits per heavy atom. The number of rotatable bonds is 10. The molecular weight excluding hydrogens is 957 g/mol. The third kappa shape index (κ3) is 9.01. The lowest BCUT2D eigenvalue weighted by Gasteiger charge is -2.55. The number of fused-ring (bicyclic) bond motifs is 7. The van der Waals surface area contributed by atoms with Crippen LogP contribution in [0.4, 0.5) is 0 Å². The van der Waals surface area contributed by atoms with Crippen LogP contribution in [0.25, 0.3) is 33.4 Å². The van der Waals surface area contributed by atoms with Crippen molar-refractivity contribution in [2.75, 3.05) is 66.3 Å². The molecule has 5 atom stereocenters. The van der Waals surface area contributed by atoms with Crippen molar-refractivity contribution < 1.29 is 38.4 Å². The molecule has 3 aromatic heterocycles. The van der Waals surface area contributed by atoms with E-state index in [1.54, 1.807) is 12.1 Å². The largest absolute Gasteiger partial charge is 0.464 e. The van der Waals surface area contributed by atoms with E-state index in [1.807, 2.05) is 13.8 Å². The van der Waals surface area contributed by atoms with Crippen molar-refractivity contribution in [1.29, 1.82) is 0 Å². The Kier molecular flexibility index (Phi) is 13.2. The number of carbonyl (C=O) groups excluding carboxylic acids is 3. The second-order valence-corrected chi connectivity index (χ2v) is 25.5. The fourth-order valence-electron chi connectivity index (χ4n) is 14.1. The molecule has 0 unspecified atom stereocenters. The summed E-state index contributed by atoms with van der Waals surface area (Å²) >= 11 is 1.51. The van der Waals surface area contributed by atoms with Crippen molar-refractivity contribution in [3.05, 3.63) is 57.7 Å². The van der Waals surface area contributed by atoms with Crippen LogP contribution >= 0.6 is 11.3 Å². The Hall–Kier alpha value is -4.33. The number of hydrogen-bond donors (Lipinski definition) is 3. The monoisotopic (exact) mass is 1030 g/mol. The average molecular weight is 1030 g/mol. The molecule has 1 spiro atoms. The van der Waals surface area contributed by atoms with Crippen LogP contribution in [0.3, 0.4) is 0 Å². The maximum atomic E-state index is 15.4. The first-order chi connectivity index (χ1) is 35.6. The van der Waals surface area contributed by atoms with Crippen molar-refractivity contribution in [3.8, 4) is 22.5 Å². The van der Waals surface area contributed by atoms with Crippen LogP contribution < -0.4 is 10.7 Å². The minimum atomic E-state index is -1.05. The lowest BCUT2D eigenvalue weighted by atomic mass is 9.61. The van der Waals surface area contributed by atoms with Crippen molar-refractivity contribution in [2.45, 2.75) is 160 Å². The molecule has 16 nitrogen and oxygen atoms in total. The van der Waals surface area contributed by atoms with E-state index in [1.165, 1.54) is 29.7 Å². The SMILES string of the molecule is CO[C@@H](C)c1ncc(C2CCN(C3CC3)CC2)cc1-c1c2c3cc(ccc3n1CCO)-c1csc(n1)[C@@H](N1CC3(CCCOC3)C1)[C@H](NC(=O)C13CC(C)(C1)[C@H](C)O3)C(=O)N1CCC[C@H](N1)C(=O)OCC(C)(C)C2. The molecule has 17 heteroatoms. The number of cyclic esters (lactones) is 1. The molecule has 2 saturated carbocycles. The molecule has 9 aliphatic rings. The number of hydrogen-bond acceptors (Lipinski definition) is 14. The molecule has 0 radical (unpaired) electrons. The van der Waals surface area contributed by atoms with Gasteiger partial charge < -0.3 is 38.8 Å². The van der Waals surface area contributed by atoms with Gasteiger partial charge in [-0.15, -0.1) is 11.3 Å². The molecule has 7 aliphatic heterocycles. The molecule has 2 amide bonds. The van der Waals surface area contributed by atoms with Crippen LogP contribution in [-0.2, 0) is 46.3 Å². The number of benzene rings is 1. The smallest absolute Gasteiger partial charge is 0.324 e. The third-order valence-corrected chi connectivity index (χ3v) is 19.4. The van der Waals surface area contributed by atoms with Gasteiger partial charge >= 0.3 is 5.97 Å². The van der Waals surface area contributed by atoms with Crippen LogP contribution in [0.15, 0.2) is 35.8 Å². The predicted octanol–water partition coefficient (Wildman–Crippen LogP) is 7.09. The Bertz CT molecular complexity index is 2790. The third-order valence-electron chi connectivity index (χ3n) is 18.5. The molecule has 10 heterocycles. The zero-order chi connectivity index (χ0) is 51.3. The number of hydrazine groups is 1. The normalized spacial score (nSPS) is 30.9. The highest BCUT2D eigenvalue weighted by molar-refractivity contribution is 7.10. The fraction of sp³-hybridized carbons (Fsp3) is 0.667. The highest BCUT2D eigenvalue weighted by Gasteiger charge is 2.68. The van der Waals surface area contributed by atoms with E-state index in [4.69, 9.17) is 28.9 Å². The fourth-order valence-corrected chi connectivity index (χ4v) is 15.1. The summed E-state index contributed by atoms with van der Waals surface area (Å²) in [6, 6.07) is 7.12. The molecule has 4 aromatic rings. The number of ether oxygens (including phenoxy) is 4. The number of aliphatic hydroxyl groups excluding tert-OH is 1. The number of amides is 2. The molecule has 3 N–H and O–H groups in total. The maximum absolute atomic E-state index is 15.4. The topological polar surface area (TPSA) is 173 Å². The maximum Gasteiger partial charge on any atom is 0.324 e. The second kappa shape index (κ2) is 19.3. The number of aromatic nitrogens is 3. The van der Waals surface area contributed by atoms with Crippen LogP contribution in [0.2, 0.25) is 0 Å². The van der Waals surface area contributed by atoms with E-state index in [9.17, 15) is 14.7 Å². The van der Waals surface area contributed by atoms with Gasteiger partial charge in [0.05, 0.1) is 55.2 Å². The summed E-state index contributed by atoms with van der Waals surface area (Å²) in [7, 11) is 1.72. The van der Waals surface area contributed by atoms with Gasteiger partial charge in [-0.25, -0.2) is 10.4 Å². The summed E-state index contributed by atoms with van der Waals surface area (Å²) in [5.74, 6) is -0.653. The Morgan fingerprint density at radius 1 is 1.03 bits per heavy atom. The summed E-state index contributed by atoms with van der Waals surface area (Å²) in [4.78, 5) is 60.2. The van der Waals surface area contributed by atoms with Crippen molar-refractivity contribution in [3.63, 3.8) is 0 Å². The number of piperidine rings is 1. The van der Waals surface area contributed by atoms with Crippen LogP contribution in [0.1, 0.15) is 139 Å². The van der Waals surface area contributed by atoms with E-state index in [2.05, 4.69) is 81.7 Å². The lowest BCUT2D eigenvalue weighted by molar-refractivity contribution is -0.161. The zero-order valence-electron chi connectivity index (χ0n) is 44.3. The number of nitrogens with one attached hydrogen (secondary N) is 2. The second-order valence-electron chi connectivity index (χ2n) is 24.6. The molecular formula is C57H76N8O8S. The van der Waals surface area contributed by atoms with E-state index >= 15 is 4.79 Å². The van der Waals surface area contributed by atoms with Gasteiger partial charge in [-0.1, -0.05) is 26.8 Å². The Morgan fingerprint density at radius 3 is 2.53 bits per heavy atom. The molecule has 2 aliphatic carbocycles. The first-order valence-corrected chi connectivity index (χ1v) is 28.5. The van der Waals surface area contributed by atoms with Gasteiger partial charge in [-0.3, -0.25) is 29.3 Å². The lowest BCUT2D eigenvalue weighted by Crippen LogP contribution is -2.68. The van der Waals surface area contributed by atoms with Gasteiger partial charge in [0.25, 0.3) is 11.8 Å². The minimum Gasteiger partial charge on any atom is -0.464 e. The van der Waals surface area contributed by atoms with Crippen LogP contribution in [-0.4, -0.2) is 148 Å². The van der Waals surface area contributed by atoms with E-state index in [0.717, 1.165) is 101 Å². The number of carbonyl (C=O) groups is 3. The van der Waals surface area contributed by atoms with Gasteiger partial charge in [0, 0.05) is 95.8 Å². The highest BCUT2D eigenvalue weighted by Crippen LogP contribution is 2.61. The first kappa shape index (κ1) is 50.5. The number of aliphatic hydroxyl groups is 1. The van der Waals surface area contributed by atoms with Crippen molar-refractivity contribution >= 4 is 40.0 Å². The Labute approximate surface area is 439 Å². The predicted molar refractivity (Wildman–Crippen MR) is 281 cm³/mol. The number of likely N-dealkylation sites (tertiary alicyclic amines) is 2. The molecule has 6 saturated heterocycles. The van der Waals surface area contributed by atoms with Crippen molar-refractivity contribution in [2.24, 2.45) is 16.2 Å². The van der Waals surface area contributed by atoms with Gasteiger partial charge in [0.2, 0.25) is 0 Å². The summed E-state index contributed by atoms with van der Waals surface area (Å²) in [5, 5.41) is 19.5. The first-order valence-electron chi connectivity index (χ1n) is 27.6. The van der Waals surface area contributed by atoms with E-state index in [0.29, 0.717) is 70.8 Å². The number of esters is 1. The summed E-state index contributed by atoms with van der Waals surface area (Å²) in [6.45, 7) is 16.2. The number of nitrogens with zero attached hydrogens (tertiary/aromatic N) is 6. The van der Waals surface area contributed by atoms with Crippen LogP contribution in [0, 0.1) is 16.2 Å². The number of thiazole rings is 1. The molecule has 8 fully saturated rings. The van der Waals surface area contributed by atoms with E-state index in [-0.39, 0.29) is 48.1 Å². The standard InChI is InChI=1S/C57H76N8O8S/c1-34(70-6)46-41(24-38(26-58-46)36-14-18-62(19-15-36)39-11-12-39)48-42-25-54(3,4)32-72-52(68)43-9-7-17-65(61-43)51(67)47(60-53(69)57-28-55(5,29-57)35(2)73-57)49(63-30-56(31-63)16-8-22-71-33-56)50-59-44(27-74-50)37-10-13-45(40(42)23-37)64(48)20-21-66/h10,13,23-24,26-27,34-36,39,43,47,49,61,66H,7-9,11-12,14-22,25,28-33H2,1-6H3,(H,60,69)/t34-,35-,43-,47-,49-,55?,57?/m0/s1. The highest BCUT2D eigenvalue weighted by atomic mass is 32.1. The summed E-state index contributed by atoms with van der Waals surface area (Å²) in [5.41, 5.74) is 9.34. The number of pyridine rings is 1. The molecule has 74 heavy (non-hydrogen) atoms. The van der Waals surface area contributed by atoms with Crippen LogP contribution in [0.5, 0.6) is 0 Å². The van der Waals surface area contributed by atoms with E-state index < -0.39 is 35.1 Å². The van der Waals surface area contributed by atoms with Gasteiger partial charge in [-0.05, 0) is 133 Å². The van der Waals surface area contributed by atoms with Gasteiger partial charge in [0.1, 0.15) is 22.7 Å². The van der Waals surface area contributed by atoms with Crippen molar-refractivity contribution in [1.82, 2.24) is 40.1 Å². The summed E-state index contributed by atoms with van der Waals surface area (Å²) in [6.07, 6.45) is 11.2. The minimum absolute atomic E-state index is 0.0447.